The SMILES string of the molecule is CC1CCCN(C2CCCC(NC3CC3)(C(N)=O)C2)C1C. The molecule has 1 aliphatic heterocycles. The van der Waals surface area contributed by atoms with Gasteiger partial charge in [-0.1, -0.05) is 6.92 Å². The highest BCUT2D eigenvalue weighted by atomic mass is 16.1. The summed E-state index contributed by atoms with van der Waals surface area (Å²) in [5.41, 5.74) is 5.37. The zero-order chi connectivity index (χ0) is 15.0. The van der Waals surface area contributed by atoms with Gasteiger partial charge >= 0.3 is 0 Å². The number of likely N-dealkylation sites (tertiary alicyclic amines) is 1. The molecule has 0 aromatic rings. The predicted molar refractivity (Wildman–Crippen MR) is 84.9 cm³/mol. The highest BCUT2D eigenvalue weighted by Crippen LogP contribution is 2.37. The van der Waals surface area contributed by atoms with Crippen LogP contribution in [0.1, 0.15) is 65.2 Å². The number of primary amides is 1. The van der Waals surface area contributed by atoms with E-state index in [2.05, 4.69) is 24.1 Å². The van der Waals surface area contributed by atoms with Crippen molar-refractivity contribution in [1.82, 2.24) is 10.2 Å². The molecule has 3 aliphatic rings. The molecule has 1 saturated heterocycles. The van der Waals surface area contributed by atoms with Crippen molar-refractivity contribution >= 4 is 5.91 Å². The third-order valence-corrected chi connectivity index (χ3v) is 6.15. The lowest BCUT2D eigenvalue weighted by atomic mass is 9.76. The summed E-state index contributed by atoms with van der Waals surface area (Å²) in [7, 11) is 0. The molecule has 2 aliphatic carbocycles. The molecular weight excluding hydrogens is 262 g/mol. The van der Waals surface area contributed by atoms with Crippen LogP contribution in [0.2, 0.25) is 0 Å². The van der Waals surface area contributed by atoms with Crippen molar-refractivity contribution in [3.8, 4) is 0 Å². The fraction of sp³-hybridized carbons (Fsp3) is 0.941. The molecule has 1 amide bonds. The molecule has 4 heteroatoms. The van der Waals surface area contributed by atoms with Crippen molar-refractivity contribution in [2.24, 2.45) is 11.7 Å². The molecule has 4 atom stereocenters. The van der Waals surface area contributed by atoms with Crippen LogP contribution in [0.4, 0.5) is 0 Å². The van der Waals surface area contributed by atoms with Crippen molar-refractivity contribution in [2.45, 2.75) is 88.9 Å². The molecule has 0 aromatic heterocycles. The molecule has 2 saturated carbocycles. The summed E-state index contributed by atoms with van der Waals surface area (Å²) in [6.45, 7) is 5.91. The first-order valence-electron chi connectivity index (χ1n) is 8.85. The predicted octanol–water partition coefficient (Wildman–Crippen LogP) is 2.03. The van der Waals surface area contributed by atoms with E-state index in [0.29, 0.717) is 18.1 Å². The van der Waals surface area contributed by atoms with E-state index >= 15 is 0 Å². The summed E-state index contributed by atoms with van der Waals surface area (Å²) in [5.74, 6) is 0.636. The van der Waals surface area contributed by atoms with Gasteiger partial charge in [-0.05, 0) is 70.8 Å². The Hall–Kier alpha value is -0.610. The molecule has 120 valence electrons. The Balaban J connectivity index is 1.72. The quantitative estimate of drug-likeness (QED) is 0.834. The second kappa shape index (κ2) is 5.88. The Morgan fingerprint density at radius 1 is 1.19 bits per heavy atom. The number of nitrogens with zero attached hydrogens (tertiary/aromatic N) is 1. The third-order valence-electron chi connectivity index (χ3n) is 6.15. The van der Waals surface area contributed by atoms with Gasteiger partial charge in [0.05, 0.1) is 5.54 Å². The van der Waals surface area contributed by atoms with Gasteiger partial charge in [-0.25, -0.2) is 0 Å². The second-order valence-corrected chi connectivity index (χ2v) is 7.71. The van der Waals surface area contributed by atoms with E-state index in [1.165, 1.54) is 38.6 Å². The first kappa shape index (κ1) is 15.3. The van der Waals surface area contributed by atoms with E-state index in [1.807, 2.05) is 0 Å². The van der Waals surface area contributed by atoms with Crippen molar-refractivity contribution in [2.75, 3.05) is 6.54 Å². The number of carbonyl (C=O) groups is 1. The summed E-state index contributed by atoms with van der Waals surface area (Å²) >= 11 is 0. The minimum atomic E-state index is -0.440. The zero-order valence-electron chi connectivity index (χ0n) is 13.6. The summed E-state index contributed by atoms with van der Waals surface area (Å²) in [4.78, 5) is 14.8. The van der Waals surface area contributed by atoms with E-state index in [4.69, 9.17) is 5.73 Å². The van der Waals surface area contributed by atoms with E-state index in [9.17, 15) is 4.79 Å². The molecule has 3 fully saturated rings. The molecule has 3 rings (SSSR count). The molecule has 0 radical (unpaired) electrons. The lowest BCUT2D eigenvalue weighted by Crippen LogP contribution is -2.62. The minimum Gasteiger partial charge on any atom is -0.368 e. The van der Waals surface area contributed by atoms with Gasteiger partial charge in [0, 0.05) is 18.1 Å². The topological polar surface area (TPSA) is 58.4 Å². The van der Waals surface area contributed by atoms with E-state index < -0.39 is 5.54 Å². The van der Waals surface area contributed by atoms with Crippen LogP contribution in [0.5, 0.6) is 0 Å². The largest absolute Gasteiger partial charge is 0.368 e. The zero-order valence-corrected chi connectivity index (χ0v) is 13.6. The fourth-order valence-electron chi connectivity index (χ4n) is 4.46. The normalized spacial score (nSPS) is 41.9. The number of nitrogens with two attached hydrogens (primary N) is 1. The van der Waals surface area contributed by atoms with Crippen molar-refractivity contribution < 1.29 is 4.79 Å². The van der Waals surface area contributed by atoms with Gasteiger partial charge in [0.15, 0.2) is 0 Å². The van der Waals surface area contributed by atoms with Gasteiger partial charge < -0.3 is 11.1 Å². The Kier molecular flexibility index (Phi) is 4.28. The number of carbonyl (C=O) groups excluding carboxylic acids is 1. The Labute approximate surface area is 128 Å². The van der Waals surface area contributed by atoms with Crippen molar-refractivity contribution in [1.29, 1.82) is 0 Å². The second-order valence-electron chi connectivity index (χ2n) is 7.71. The van der Waals surface area contributed by atoms with Crippen LogP contribution in [-0.4, -0.2) is 41.0 Å². The molecule has 21 heavy (non-hydrogen) atoms. The average molecular weight is 293 g/mol. The molecule has 0 spiro atoms. The van der Waals surface area contributed by atoms with Gasteiger partial charge in [-0.15, -0.1) is 0 Å². The number of hydrogen-bond acceptors (Lipinski definition) is 3. The van der Waals surface area contributed by atoms with Crippen LogP contribution >= 0.6 is 0 Å². The maximum atomic E-state index is 12.2. The Bertz CT molecular complexity index is 395. The van der Waals surface area contributed by atoms with Crippen LogP contribution in [0.3, 0.4) is 0 Å². The lowest BCUT2D eigenvalue weighted by Gasteiger charge is -2.48. The highest BCUT2D eigenvalue weighted by Gasteiger charge is 2.46. The van der Waals surface area contributed by atoms with Gasteiger partial charge in [-0.2, -0.15) is 0 Å². The van der Waals surface area contributed by atoms with E-state index in [1.54, 1.807) is 0 Å². The van der Waals surface area contributed by atoms with Crippen LogP contribution in [0.15, 0.2) is 0 Å². The monoisotopic (exact) mass is 293 g/mol. The highest BCUT2D eigenvalue weighted by molar-refractivity contribution is 5.85. The number of amides is 1. The van der Waals surface area contributed by atoms with Gasteiger partial charge in [0.25, 0.3) is 0 Å². The summed E-state index contributed by atoms with van der Waals surface area (Å²) in [6.07, 6.45) is 9.22. The number of nitrogens with one attached hydrogen (secondary N) is 1. The number of rotatable bonds is 4. The molecular formula is C17H31N3O. The maximum Gasteiger partial charge on any atom is 0.237 e. The van der Waals surface area contributed by atoms with E-state index in [-0.39, 0.29) is 5.91 Å². The van der Waals surface area contributed by atoms with Gasteiger partial charge in [-0.3, -0.25) is 9.69 Å². The molecule has 4 unspecified atom stereocenters. The third kappa shape index (κ3) is 3.11. The number of hydrogen-bond donors (Lipinski definition) is 2. The summed E-state index contributed by atoms with van der Waals surface area (Å²) in [6, 6.07) is 1.69. The van der Waals surface area contributed by atoms with Crippen LogP contribution in [0.25, 0.3) is 0 Å². The van der Waals surface area contributed by atoms with Crippen LogP contribution < -0.4 is 11.1 Å². The van der Waals surface area contributed by atoms with Crippen LogP contribution in [-0.2, 0) is 4.79 Å². The van der Waals surface area contributed by atoms with Crippen molar-refractivity contribution in [3.05, 3.63) is 0 Å². The molecule has 3 N–H and O–H groups in total. The summed E-state index contributed by atoms with van der Waals surface area (Å²) in [5, 5.41) is 3.60. The van der Waals surface area contributed by atoms with E-state index in [0.717, 1.165) is 25.2 Å². The minimum absolute atomic E-state index is 0.128. The fourth-order valence-corrected chi connectivity index (χ4v) is 4.46. The molecule has 1 heterocycles. The Morgan fingerprint density at radius 2 is 1.95 bits per heavy atom. The maximum absolute atomic E-state index is 12.2. The molecule has 4 nitrogen and oxygen atoms in total. The molecule has 0 aromatic carbocycles. The van der Waals surface area contributed by atoms with Crippen LogP contribution in [0, 0.1) is 5.92 Å². The van der Waals surface area contributed by atoms with Crippen molar-refractivity contribution in [3.63, 3.8) is 0 Å². The standard InChI is InChI=1S/C17H31N3O/c1-12-5-4-10-20(13(12)2)15-6-3-9-17(11-15,16(18)21)19-14-7-8-14/h12-15,19H,3-11H2,1-2H3,(H2,18,21). The first-order valence-corrected chi connectivity index (χ1v) is 8.85. The molecule has 0 bridgehead atoms. The first-order chi connectivity index (χ1) is 10.0. The van der Waals surface area contributed by atoms with Gasteiger partial charge in [0.1, 0.15) is 0 Å². The summed E-state index contributed by atoms with van der Waals surface area (Å²) < 4.78 is 0. The van der Waals surface area contributed by atoms with Gasteiger partial charge in [0.2, 0.25) is 5.91 Å². The smallest absolute Gasteiger partial charge is 0.237 e. The Morgan fingerprint density at radius 3 is 2.62 bits per heavy atom. The lowest BCUT2D eigenvalue weighted by molar-refractivity contribution is -0.127. The number of piperidine rings is 1. The average Bonchev–Trinajstić information content (AvgIpc) is 3.26.